The number of carbonyl (C=O) groups excluding carboxylic acids is 1. The van der Waals surface area contributed by atoms with Crippen molar-refractivity contribution in [2.45, 2.75) is 52.1 Å². The third kappa shape index (κ3) is 6.03. The highest BCUT2D eigenvalue weighted by molar-refractivity contribution is 6.04. The molecule has 3 atom stereocenters. The molecule has 3 aromatic heterocycles. The van der Waals surface area contributed by atoms with Gasteiger partial charge in [-0.15, -0.1) is 0 Å². The number of aliphatic carboxylic acids is 1. The number of nitrogens with one attached hydrogen (secondary N) is 1. The van der Waals surface area contributed by atoms with Gasteiger partial charge in [-0.1, -0.05) is 13.8 Å². The van der Waals surface area contributed by atoms with Crippen molar-refractivity contribution in [1.29, 1.82) is 0 Å². The monoisotopic (exact) mass is 610 g/mol. The van der Waals surface area contributed by atoms with Gasteiger partial charge in [0, 0.05) is 35.6 Å². The maximum atomic E-state index is 13.1. The predicted molar refractivity (Wildman–Crippen MR) is 157 cm³/mol. The second-order valence-corrected chi connectivity index (χ2v) is 11.2. The fourth-order valence-electron chi connectivity index (χ4n) is 6.07. The molecule has 0 spiro atoms. The number of amides is 1. The van der Waals surface area contributed by atoms with Crippen LogP contribution in [0.5, 0.6) is 5.75 Å². The van der Waals surface area contributed by atoms with Gasteiger partial charge in [-0.2, -0.15) is 13.2 Å². The molecule has 0 radical (unpaired) electrons. The summed E-state index contributed by atoms with van der Waals surface area (Å²) in [5.41, 5.74) is 7.04. The van der Waals surface area contributed by atoms with Crippen LogP contribution in [0.25, 0.3) is 16.8 Å². The molecule has 4 aromatic rings. The fraction of sp³-hybridized carbons (Fsp3) is 0.387. The Bertz CT molecular complexity index is 1700. The first-order chi connectivity index (χ1) is 20.9. The number of hydrogen-bond donors (Lipinski definition) is 3. The molecular weight excluding hydrogens is 577 g/mol. The van der Waals surface area contributed by atoms with E-state index in [4.69, 9.17) is 15.5 Å². The first-order valence-electron chi connectivity index (χ1n) is 14.4. The summed E-state index contributed by atoms with van der Waals surface area (Å²) in [4.78, 5) is 38.3. The Kier molecular flexibility index (Phi) is 8.49. The molecule has 5 rings (SSSR count). The molecule has 0 bridgehead atoms. The molecule has 1 saturated carbocycles. The number of benzene rings is 1. The Morgan fingerprint density at radius 3 is 2.61 bits per heavy atom. The molecular formula is C31H33F3N6O4. The van der Waals surface area contributed by atoms with E-state index in [1.165, 1.54) is 12.1 Å². The molecule has 0 saturated heterocycles. The zero-order valence-corrected chi connectivity index (χ0v) is 24.4. The largest absolute Gasteiger partial charge is 0.493 e. The molecule has 10 nitrogen and oxygen atoms in total. The number of alkyl halides is 3. The van der Waals surface area contributed by atoms with Gasteiger partial charge in [-0.25, -0.2) is 15.0 Å². The number of nitrogen functional groups attached to an aromatic ring is 1. The van der Waals surface area contributed by atoms with Crippen LogP contribution in [0, 0.1) is 17.8 Å². The van der Waals surface area contributed by atoms with Gasteiger partial charge in [0.1, 0.15) is 34.4 Å². The quantitative estimate of drug-likeness (QED) is 0.211. The van der Waals surface area contributed by atoms with E-state index in [1.54, 1.807) is 25.4 Å². The van der Waals surface area contributed by atoms with Crippen LogP contribution in [-0.2, 0) is 11.0 Å². The molecule has 13 heteroatoms. The molecule has 1 aromatic carbocycles. The van der Waals surface area contributed by atoms with E-state index in [0.717, 1.165) is 31.2 Å². The van der Waals surface area contributed by atoms with Crippen LogP contribution in [0.1, 0.15) is 67.7 Å². The van der Waals surface area contributed by atoms with Crippen LogP contribution in [0.2, 0.25) is 0 Å². The number of nitrogens with zero attached hydrogens (tertiary/aromatic N) is 4. The minimum atomic E-state index is -4.59. The van der Waals surface area contributed by atoms with Crippen molar-refractivity contribution in [1.82, 2.24) is 19.4 Å². The lowest BCUT2D eigenvalue weighted by atomic mass is 9.69. The van der Waals surface area contributed by atoms with Gasteiger partial charge in [0.15, 0.2) is 0 Å². The molecule has 232 valence electrons. The molecule has 0 unspecified atom stereocenters. The van der Waals surface area contributed by atoms with Gasteiger partial charge < -0.3 is 20.9 Å². The standard InChI is InChI=1S/C31H33F3N6O4/c1-4-44-23-14-18(29(41)38-24-15-19(9-10-36-24)31(32,33)34)6-8-21(23)25-26-27(35)37-11-12-40(26)28(39-25)17-5-7-20(16(2)3)22(13-17)30(42)43/h6,8-12,14-17,20,22H,4-5,7,13H2,1-3H3,(H2,35,37)(H,42,43)(H,36,38,41)/t17-,20-,22-/m1/s1. The van der Waals surface area contributed by atoms with Gasteiger partial charge in [-0.3, -0.25) is 14.0 Å². The molecule has 0 aliphatic heterocycles. The summed E-state index contributed by atoms with van der Waals surface area (Å²) in [7, 11) is 0. The zero-order valence-electron chi connectivity index (χ0n) is 24.4. The number of nitrogens with two attached hydrogens (primary N) is 1. The van der Waals surface area contributed by atoms with Crippen molar-refractivity contribution in [2.24, 2.45) is 17.8 Å². The third-order valence-corrected chi connectivity index (χ3v) is 8.18. The molecule has 1 fully saturated rings. The first-order valence-corrected chi connectivity index (χ1v) is 14.4. The van der Waals surface area contributed by atoms with E-state index < -0.39 is 29.5 Å². The number of halogens is 3. The number of carboxylic acids is 1. The van der Waals surface area contributed by atoms with E-state index in [1.807, 2.05) is 18.2 Å². The topological polar surface area (TPSA) is 145 Å². The van der Waals surface area contributed by atoms with Crippen LogP contribution >= 0.6 is 0 Å². The first kappa shape index (κ1) is 30.8. The van der Waals surface area contributed by atoms with Crippen molar-refractivity contribution in [3.63, 3.8) is 0 Å². The Morgan fingerprint density at radius 1 is 1.16 bits per heavy atom. The summed E-state index contributed by atoms with van der Waals surface area (Å²) in [6.07, 6.45) is 1.63. The van der Waals surface area contributed by atoms with Gasteiger partial charge in [0.2, 0.25) is 0 Å². The number of imidazole rings is 1. The van der Waals surface area contributed by atoms with E-state index in [0.29, 0.717) is 34.8 Å². The highest BCUT2D eigenvalue weighted by atomic mass is 19.4. The molecule has 44 heavy (non-hydrogen) atoms. The third-order valence-electron chi connectivity index (χ3n) is 8.18. The number of pyridine rings is 1. The smallest absolute Gasteiger partial charge is 0.416 e. The van der Waals surface area contributed by atoms with Crippen LogP contribution < -0.4 is 15.8 Å². The van der Waals surface area contributed by atoms with Crippen molar-refractivity contribution in [3.05, 3.63) is 65.9 Å². The number of carbonyl (C=O) groups is 2. The average Bonchev–Trinajstić information content (AvgIpc) is 3.37. The lowest BCUT2D eigenvalue weighted by molar-refractivity contribution is -0.146. The second-order valence-electron chi connectivity index (χ2n) is 11.2. The summed E-state index contributed by atoms with van der Waals surface area (Å²) in [6, 6.07) is 6.20. The predicted octanol–water partition coefficient (Wildman–Crippen LogP) is 6.28. The normalized spacial score (nSPS) is 18.8. The van der Waals surface area contributed by atoms with Crippen LogP contribution in [0.3, 0.4) is 0 Å². The number of anilines is 2. The van der Waals surface area contributed by atoms with Crippen molar-refractivity contribution < 1.29 is 32.6 Å². The van der Waals surface area contributed by atoms with E-state index >= 15 is 0 Å². The maximum Gasteiger partial charge on any atom is 0.416 e. The molecule has 1 aliphatic carbocycles. The van der Waals surface area contributed by atoms with Crippen molar-refractivity contribution in [2.75, 3.05) is 17.7 Å². The maximum absolute atomic E-state index is 13.1. The highest BCUT2D eigenvalue weighted by Crippen LogP contribution is 2.44. The fourth-order valence-corrected chi connectivity index (χ4v) is 6.07. The minimum Gasteiger partial charge on any atom is -0.493 e. The zero-order chi connectivity index (χ0) is 31.8. The summed E-state index contributed by atoms with van der Waals surface area (Å²) in [5, 5.41) is 12.4. The lowest BCUT2D eigenvalue weighted by Gasteiger charge is -2.35. The molecule has 1 aliphatic rings. The van der Waals surface area contributed by atoms with Crippen LogP contribution in [0.4, 0.5) is 24.8 Å². The van der Waals surface area contributed by atoms with Gasteiger partial charge >= 0.3 is 12.1 Å². The van der Waals surface area contributed by atoms with Crippen molar-refractivity contribution in [3.8, 4) is 17.0 Å². The van der Waals surface area contributed by atoms with Gasteiger partial charge in [-0.05, 0) is 68.4 Å². The van der Waals surface area contributed by atoms with E-state index in [2.05, 4.69) is 15.3 Å². The number of aromatic nitrogens is 4. The lowest BCUT2D eigenvalue weighted by Crippen LogP contribution is -2.33. The SMILES string of the molecule is CCOc1cc(C(=O)Nc2cc(C(F)(F)F)ccn2)ccc1-c1nc([C@@H]2CC[C@H](C(C)C)[C@H](C(=O)O)C2)n2ccnc(N)c12. The van der Waals surface area contributed by atoms with Gasteiger partial charge in [0.05, 0.1) is 18.1 Å². The van der Waals surface area contributed by atoms with E-state index in [9.17, 15) is 27.9 Å². The number of fused-ring (bicyclic) bond motifs is 1. The number of hydrogen-bond acceptors (Lipinski definition) is 7. The number of rotatable bonds is 8. The van der Waals surface area contributed by atoms with Crippen LogP contribution in [-0.4, -0.2) is 42.9 Å². The Morgan fingerprint density at radius 2 is 1.93 bits per heavy atom. The Hall–Kier alpha value is -4.68. The summed E-state index contributed by atoms with van der Waals surface area (Å²) in [5.74, 6) is -0.910. The molecule has 4 N–H and O–H groups in total. The van der Waals surface area contributed by atoms with E-state index in [-0.39, 0.29) is 41.6 Å². The summed E-state index contributed by atoms with van der Waals surface area (Å²) in [6.45, 7) is 6.12. The number of carboxylic acid groups (broad SMARTS) is 1. The minimum absolute atomic E-state index is 0.0653. The summed E-state index contributed by atoms with van der Waals surface area (Å²) >= 11 is 0. The number of ether oxygens (including phenoxy) is 1. The van der Waals surface area contributed by atoms with Gasteiger partial charge in [0.25, 0.3) is 5.91 Å². The highest BCUT2D eigenvalue weighted by Gasteiger charge is 2.39. The summed E-state index contributed by atoms with van der Waals surface area (Å²) < 4.78 is 47.1. The van der Waals surface area contributed by atoms with Crippen LogP contribution in [0.15, 0.2) is 48.9 Å². The average molecular weight is 611 g/mol. The Labute approximate surface area is 251 Å². The second kappa shape index (κ2) is 12.1. The molecule has 3 heterocycles. The van der Waals surface area contributed by atoms with Crippen molar-refractivity contribution >= 4 is 29.0 Å². The Balaban J connectivity index is 1.52. The molecule has 1 amide bonds.